The fourth-order valence-corrected chi connectivity index (χ4v) is 1.33. The van der Waals surface area contributed by atoms with E-state index in [0.717, 1.165) is 6.42 Å². The second-order valence-electron chi connectivity index (χ2n) is 2.90. The molecule has 64 valence electrons. The topological polar surface area (TPSA) is 72.6 Å². The molecular weight excluding hydrogens is 146 g/mol. The van der Waals surface area contributed by atoms with Crippen LogP contribution in [0.25, 0.3) is 0 Å². The average molecular weight is 159 g/mol. The van der Waals surface area contributed by atoms with Gasteiger partial charge in [0.25, 0.3) is 0 Å². The van der Waals surface area contributed by atoms with Crippen molar-refractivity contribution in [1.82, 2.24) is 0 Å². The number of carboxylic acid groups (broad SMARTS) is 1. The van der Waals surface area contributed by atoms with Gasteiger partial charge in [-0.3, -0.25) is 4.79 Å². The summed E-state index contributed by atoms with van der Waals surface area (Å²) in [6.07, 6.45) is 1.46. The minimum absolute atomic E-state index is 0.205. The van der Waals surface area contributed by atoms with Gasteiger partial charge in [0.15, 0.2) is 0 Å². The normalized spacial score (nSPS) is 31.7. The van der Waals surface area contributed by atoms with Gasteiger partial charge >= 0.3 is 5.97 Å². The molecule has 1 fully saturated rings. The van der Waals surface area contributed by atoms with E-state index in [1.807, 2.05) is 0 Å². The zero-order valence-corrected chi connectivity index (χ0v) is 6.32. The average Bonchev–Trinajstić information content (AvgIpc) is 1.85. The predicted molar refractivity (Wildman–Crippen MR) is 38.9 cm³/mol. The van der Waals surface area contributed by atoms with Crippen LogP contribution in [0.4, 0.5) is 0 Å². The number of carbonyl (C=O) groups is 1. The highest BCUT2D eigenvalue weighted by Gasteiger charge is 2.21. The van der Waals surface area contributed by atoms with Crippen LogP contribution in [0.5, 0.6) is 0 Å². The molecule has 0 aromatic carbocycles. The van der Waals surface area contributed by atoms with Crippen molar-refractivity contribution >= 4 is 5.97 Å². The van der Waals surface area contributed by atoms with E-state index >= 15 is 0 Å². The molecule has 0 aromatic rings. The predicted octanol–water partition coefficient (Wildman–Crippen LogP) is 0.172. The smallest absolute Gasteiger partial charge is 0.303 e. The first kappa shape index (κ1) is 8.49. The van der Waals surface area contributed by atoms with Crippen molar-refractivity contribution in [2.24, 2.45) is 11.7 Å². The van der Waals surface area contributed by atoms with Crippen LogP contribution in [0.3, 0.4) is 0 Å². The van der Waals surface area contributed by atoms with Crippen molar-refractivity contribution in [2.45, 2.75) is 25.5 Å². The Balaban J connectivity index is 2.28. The van der Waals surface area contributed by atoms with E-state index in [0.29, 0.717) is 13.0 Å². The lowest BCUT2D eigenvalue weighted by Gasteiger charge is -2.25. The second-order valence-corrected chi connectivity index (χ2v) is 2.90. The van der Waals surface area contributed by atoms with Crippen molar-refractivity contribution in [3.05, 3.63) is 0 Å². The molecule has 0 aromatic heterocycles. The first-order valence-electron chi connectivity index (χ1n) is 3.77. The number of hydrogen-bond acceptors (Lipinski definition) is 3. The van der Waals surface area contributed by atoms with Crippen molar-refractivity contribution in [3.8, 4) is 0 Å². The van der Waals surface area contributed by atoms with Gasteiger partial charge in [0.1, 0.15) is 6.23 Å². The van der Waals surface area contributed by atoms with Crippen LogP contribution in [0, 0.1) is 5.92 Å². The van der Waals surface area contributed by atoms with Crippen LogP contribution in [0.1, 0.15) is 19.3 Å². The third kappa shape index (κ3) is 2.86. The zero-order chi connectivity index (χ0) is 8.27. The third-order valence-electron chi connectivity index (χ3n) is 1.89. The highest BCUT2D eigenvalue weighted by atomic mass is 16.5. The van der Waals surface area contributed by atoms with Crippen LogP contribution in [-0.2, 0) is 9.53 Å². The maximum Gasteiger partial charge on any atom is 0.303 e. The van der Waals surface area contributed by atoms with Gasteiger partial charge in [0.2, 0.25) is 0 Å². The Hall–Kier alpha value is -0.610. The molecule has 0 radical (unpaired) electrons. The lowest BCUT2D eigenvalue weighted by Crippen LogP contribution is -2.33. The van der Waals surface area contributed by atoms with Crippen LogP contribution in [0.2, 0.25) is 0 Å². The quantitative estimate of drug-likeness (QED) is 0.602. The molecule has 0 aliphatic carbocycles. The van der Waals surface area contributed by atoms with E-state index in [9.17, 15) is 4.79 Å². The molecule has 0 saturated carbocycles. The van der Waals surface area contributed by atoms with Crippen molar-refractivity contribution in [1.29, 1.82) is 0 Å². The van der Waals surface area contributed by atoms with E-state index in [2.05, 4.69) is 0 Å². The Morgan fingerprint density at radius 3 is 3.00 bits per heavy atom. The Morgan fingerprint density at radius 1 is 1.73 bits per heavy atom. The van der Waals surface area contributed by atoms with Gasteiger partial charge in [-0.25, -0.2) is 0 Å². The Kier molecular flexibility index (Phi) is 2.84. The van der Waals surface area contributed by atoms with E-state index in [1.165, 1.54) is 0 Å². The summed E-state index contributed by atoms with van der Waals surface area (Å²) in [5.41, 5.74) is 5.49. The van der Waals surface area contributed by atoms with Crippen LogP contribution in [0.15, 0.2) is 0 Å². The zero-order valence-electron chi connectivity index (χ0n) is 6.32. The molecule has 2 atom stereocenters. The SMILES string of the molecule is N[C@H]1C[C@H](CC(=O)O)CCO1. The molecule has 0 bridgehead atoms. The van der Waals surface area contributed by atoms with Crippen molar-refractivity contribution in [3.63, 3.8) is 0 Å². The lowest BCUT2D eigenvalue weighted by molar-refractivity contribution is -0.139. The largest absolute Gasteiger partial charge is 0.481 e. The van der Waals surface area contributed by atoms with Gasteiger partial charge in [-0.2, -0.15) is 0 Å². The second kappa shape index (κ2) is 3.69. The van der Waals surface area contributed by atoms with E-state index in [1.54, 1.807) is 0 Å². The molecule has 11 heavy (non-hydrogen) atoms. The standard InChI is InChI=1S/C7H13NO3/c8-6-3-5(1-2-11-6)4-7(9)10/h5-6H,1-4,8H2,(H,9,10)/t5-,6-/m1/s1. The monoisotopic (exact) mass is 159 g/mol. The fraction of sp³-hybridized carbons (Fsp3) is 0.857. The van der Waals surface area contributed by atoms with Crippen LogP contribution < -0.4 is 5.73 Å². The van der Waals surface area contributed by atoms with Crippen molar-refractivity contribution < 1.29 is 14.6 Å². The molecule has 4 nitrogen and oxygen atoms in total. The molecule has 0 spiro atoms. The minimum atomic E-state index is -0.746. The number of nitrogens with two attached hydrogens (primary N) is 1. The summed E-state index contributed by atoms with van der Waals surface area (Å²) in [6.45, 7) is 0.596. The minimum Gasteiger partial charge on any atom is -0.481 e. The molecule has 4 heteroatoms. The summed E-state index contributed by atoms with van der Waals surface area (Å²) in [5, 5.41) is 8.47. The molecule has 0 amide bonds. The van der Waals surface area contributed by atoms with E-state index in [4.69, 9.17) is 15.6 Å². The molecule has 1 saturated heterocycles. The number of rotatable bonds is 2. The fourth-order valence-electron chi connectivity index (χ4n) is 1.33. The number of carboxylic acids is 1. The highest BCUT2D eigenvalue weighted by Crippen LogP contribution is 2.20. The molecular formula is C7H13NO3. The van der Waals surface area contributed by atoms with Gasteiger partial charge in [0, 0.05) is 13.0 Å². The molecule has 1 rings (SSSR count). The molecule has 3 N–H and O–H groups in total. The number of aliphatic carboxylic acids is 1. The van der Waals surface area contributed by atoms with Gasteiger partial charge in [-0.05, 0) is 18.8 Å². The van der Waals surface area contributed by atoms with Crippen LogP contribution >= 0.6 is 0 Å². The summed E-state index contributed by atoms with van der Waals surface area (Å²) < 4.78 is 5.07. The maximum absolute atomic E-state index is 10.3. The summed E-state index contributed by atoms with van der Waals surface area (Å²) in [7, 11) is 0. The van der Waals surface area contributed by atoms with Gasteiger partial charge < -0.3 is 15.6 Å². The van der Waals surface area contributed by atoms with E-state index in [-0.39, 0.29) is 18.6 Å². The molecule has 1 aliphatic rings. The summed E-state index contributed by atoms with van der Waals surface area (Å²) in [5.74, 6) is -0.541. The third-order valence-corrected chi connectivity index (χ3v) is 1.89. The van der Waals surface area contributed by atoms with Gasteiger partial charge in [-0.1, -0.05) is 0 Å². The highest BCUT2D eigenvalue weighted by molar-refractivity contribution is 5.67. The molecule has 0 unspecified atom stereocenters. The molecule has 1 aliphatic heterocycles. The first-order valence-corrected chi connectivity index (χ1v) is 3.77. The Labute approximate surface area is 65.3 Å². The van der Waals surface area contributed by atoms with Crippen molar-refractivity contribution in [2.75, 3.05) is 6.61 Å². The summed E-state index contributed by atoms with van der Waals surface area (Å²) in [6, 6.07) is 0. The van der Waals surface area contributed by atoms with Gasteiger partial charge in [-0.15, -0.1) is 0 Å². The lowest BCUT2D eigenvalue weighted by atomic mass is 9.95. The summed E-state index contributed by atoms with van der Waals surface area (Å²) in [4.78, 5) is 10.3. The van der Waals surface area contributed by atoms with Gasteiger partial charge in [0.05, 0.1) is 0 Å². The Morgan fingerprint density at radius 2 is 2.45 bits per heavy atom. The Bertz CT molecular complexity index is 149. The molecule has 1 heterocycles. The number of hydrogen-bond donors (Lipinski definition) is 2. The van der Waals surface area contributed by atoms with E-state index < -0.39 is 5.97 Å². The first-order chi connectivity index (χ1) is 5.18. The maximum atomic E-state index is 10.3. The van der Waals surface area contributed by atoms with Crippen LogP contribution in [-0.4, -0.2) is 23.9 Å². The number of ether oxygens (including phenoxy) is 1. The summed E-state index contributed by atoms with van der Waals surface area (Å²) >= 11 is 0.